The largest absolute Gasteiger partial charge is 0.494 e. The standard InChI is InChI=1S/C19H23N3O2/c1-2-11-24-17-6-3-15(4-7-17)5-8-19(23)22-10-9-18-16(13-22)12-20-14-21-18/h3-4,6-7,12,14H,2,5,8-11,13H2,1H3. The van der Waals surface area contributed by atoms with Crippen LogP contribution in [0.3, 0.4) is 0 Å². The monoisotopic (exact) mass is 325 g/mol. The molecule has 126 valence electrons. The fourth-order valence-corrected chi connectivity index (χ4v) is 2.86. The van der Waals surface area contributed by atoms with Crippen molar-refractivity contribution >= 4 is 5.91 Å². The van der Waals surface area contributed by atoms with Crippen molar-refractivity contribution in [3.8, 4) is 5.75 Å². The lowest BCUT2D eigenvalue weighted by atomic mass is 10.1. The number of aryl methyl sites for hydroxylation is 1. The maximum absolute atomic E-state index is 12.4. The SMILES string of the molecule is CCCOc1ccc(CCC(=O)N2CCc3ncncc3C2)cc1. The number of aromatic nitrogens is 2. The van der Waals surface area contributed by atoms with Crippen molar-refractivity contribution < 1.29 is 9.53 Å². The highest BCUT2D eigenvalue weighted by molar-refractivity contribution is 5.76. The van der Waals surface area contributed by atoms with Gasteiger partial charge in [0.05, 0.1) is 12.3 Å². The van der Waals surface area contributed by atoms with Gasteiger partial charge in [-0.1, -0.05) is 19.1 Å². The molecule has 0 saturated carbocycles. The van der Waals surface area contributed by atoms with Crippen LogP contribution in [0.5, 0.6) is 5.75 Å². The summed E-state index contributed by atoms with van der Waals surface area (Å²) in [5, 5.41) is 0. The van der Waals surface area contributed by atoms with E-state index in [2.05, 4.69) is 16.9 Å². The van der Waals surface area contributed by atoms with Crippen molar-refractivity contribution in [1.29, 1.82) is 0 Å². The molecule has 1 amide bonds. The van der Waals surface area contributed by atoms with E-state index in [4.69, 9.17) is 4.74 Å². The maximum atomic E-state index is 12.4. The van der Waals surface area contributed by atoms with E-state index < -0.39 is 0 Å². The van der Waals surface area contributed by atoms with E-state index in [1.807, 2.05) is 35.4 Å². The molecule has 3 rings (SSSR count). The van der Waals surface area contributed by atoms with Crippen LogP contribution in [0.4, 0.5) is 0 Å². The molecule has 0 bridgehead atoms. The highest BCUT2D eigenvalue weighted by Crippen LogP contribution is 2.18. The Morgan fingerprint density at radius 2 is 2.12 bits per heavy atom. The van der Waals surface area contributed by atoms with E-state index in [0.717, 1.165) is 55.0 Å². The van der Waals surface area contributed by atoms with Gasteiger partial charge in [0.15, 0.2) is 0 Å². The molecular formula is C19H23N3O2. The van der Waals surface area contributed by atoms with Crippen molar-refractivity contribution in [1.82, 2.24) is 14.9 Å². The second-order valence-corrected chi connectivity index (χ2v) is 6.05. The molecule has 0 fully saturated rings. The molecule has 5 heteroatoms. The predicted octanol–water partition coefficient (Wildman–Crippen LogP) is 2.78. The van der Waals surface area contributed by atoms with E-state index in [9.17, 15) is 4.79 Å². The Balaban J connectivity index is 1.51. The molecule has 0 spiro atoms. The molecule has 1 aliphatic heterocycles. The minimum absolute atomic E-state index is 0.191. The van der Waals surface area contributed by atoms with Gasteiger partial charge in [-0.2, -0.15) is 0 Å². The predicted molar refractivity (Wildman–Crippen MR) is 91.7 cm³/mol. The number of amides is 1. The molecule has 1 aliphatic rings. The van der Waals surface area contributed by atoms with Crippen LogP contribution >= 0.6 is 0 Å². The first-order valence-electron chi connectivity index (χ1n) is 8.53. The molecule has 0 radical (unpaired) electrons. The second-order valence-electron chi connectivity index (χ2n) is 6.05. The number of nitrogens with zero attached hydrogens (tertiary/aromatic N) is 3. The Hall–Kier alpha value is -2.43. The van der Waals surface area contributed by atoms with Gasteiger partial charge in [0.1, 0.15) is 12.1 Å². The second kappa shape index (κ2) is 7.90. The Morgan fingerprint density at radius 3 is 2.92 bits per heavy atom. The van der Waals surface area contributed by atoms with Crippen LogP contribution in [0, 0.1) is 0 Å². The Labute approximate surface area is 142 Å². The van der Waals surface area contributed by atoms with Crippen LogP contribution in [-0.2, 0) is 24.2 Å². The third-order valence-corrected chi connectivity index (χ3v) is 4.24. The summed E-state index contributed by atoms with van der Waals surface area (Å²) >= 11 is 0. The van der Waals surface area contributed by atoms with Crippen molar-refractivity contribution in [2.45, 2.75) is 39.2 Å². The van der Waals surface area contributed by atoms with Gasteiger partial charge in [-0.3, -0.25) is 4.79 Å². The van der Waals surface area contributed by atoms with Crippen molar-refractivity contribution in [3.05, 3.63) is 53.6 Å². The molecule has 1 aromatic heterocycles. The van der Waals surface area contributed by atoms with Gasteiger partial charge in [0.2, 0.25) is 5.91 Å². The Morgan fingerprint density at radius 1 is 1.29 bits per heavy atom. The molecule has 0 N–H and O–H groups in total. The van der Waals surface area contributed by atoms with E-state index in [0.29, 0.717) is 13.0 Å². The molecule has 2 heterocycles. The smallest absolute Gasteiger partial charge is 0.223 e. The van der Waals surface area contributed by atoms with Crippen molar-refractivity contribution in [2.24, 2.45) is 0 Å². The molecule has 0 saturated heterocycles. The summed E-state index contributed by atoms with van der Waals surface area (Å²) in [5.41, 5.74) is 3.29. The highest BCUT2D eigenvalue weighted by atomic mass is 16.5. The normalized spacial score (nSPS) is 13.5. The molecule has 0 atom stereocenters. The summed E-state index contributed by atoms with van der Waals surface area (Å²) in [4.78, 5) is 22.7. The van der Waals surface area contributed by atoms with Crippen molar-refractivity contribution in [3.63, 3.8) is 0 Å². The van der Waals surface area contributed by atoms with E-state index >= 15 is 0 Å². The number of carbonyl (C=O) groups excluding carboxylic acids is 1. The molecule has 5 nitrogen and oxygen atoms in total. The Kier molecular flexibility index (Phi) is 5.41. The lowest BCUT2D eigenvalue weighted by Gasteiger charge is -2.27. The van der Waals surface area contributed by atoms with Gasteiger partial charge < -0.3 is 9.64 Å². The zero-order valence-corrected chi connectivity index (χ0v) is 14.1. The molecule has 1 aromatic carbocycles. The number of rotatable bonds is 6. The molecule has 0 aliphatic carbocycles. The minimum atomic E-state index is 0.191. The number of ether oxygens (including phenoxy) is 1. The summed E-state index contributed by atoms with van der Waals surface area (Å²) in [6.07, 6.45) is 6.48. The van der Waals surface area contributed by atoms with Crippen LogP contribution in [0.1, 0.15) is 36.6 Å². The molecule has 0 unspecified atom stereocenters. The zero-order chi connectivity index (χ0) is 16.8. The topological polar surface area (TPSA) is 55.3 Å². The molecule has 24 heavy (non-hydrogen) atoms. The van der Waals surface area contributed by atoms with E-state index in [1.54, 1.807) is 6.33 Å². The first-order chi connectivity index (χ1) is 11.8. The molecular weight excluding hydrogens is 302 g/mol. The Bertz CT molecular complexity index is 685. The fraction of sp³-hybridized carbons (Fsp3) is 0.421. The average Bonchev–Trinajstić information content (AvgIpc) is 2.65. The van der Waals surface area contributed by atoms with Crippen LogP contribution in [0.15, 0.2) is 36.8 Å². The van der Waals surface area contributed by atoms with Crippen LogP contribution in [-0.4, -0.2) is 33.9 Å². The van der Waals surface area contributed by atoms with Gasteiger partial charge in [-0.05, 0) is 30.5 Å². The summed E-state index contributed by atoms with van der Waals surface area (Å²) in [7, 11) is 0. The van der Waals surface area contributed by atoms with Gasteiger partial charge in [-0.15, -0.1) is 0 Å². The fourth-order valence-electron chi connectivity index (χ4n) is 2.86. The zero-order valence-electron chi connectivity index (χ0n) is 14.1. The third-order valence-electron chi connectivity index (χ3n) is 4.24. The number of hydrogen-bond donors (Lipinski definition) is 0. The number of benzene rings is 1. The first-order valence-corrected chi connectivity index (χ1v) is 8.53. The average molecular weight is 325 g/mol. The quantitative estimate of drug-likeness (QED) is 0.819. The minimum Gasteiger partial charge on any atom is -0.494 e. The highest BCUT2D eigenvalue weighted by Gasteiger charge is 2.21. The maximum Gasteiger partial charge on any atom is 0.223 e. The van der Waals surface area contributed by atoms with Crippen molar-refractivity contribution in [2.75, 3.05) is 13.2 Å². The van der Waals surface area contributed by atoms with Gasteiger partial charge in [-0.25, -0.2) is 9.97 Å². The summed E-state index contributed by atoms with van der Waals surface area (Å²) in [6, 6.07) is 8.03. The van der Waals surface area contributed by atoms with Gasteiger partial charge in [0, 0.05) is 37.7 Å². The van der Waals surface area contributed by atoms with Gasteiger partial charge in [0.25, 0.3) is 0 Å². The lowest BCUT2D eigenvalue weighted by Crippen LogP contribution is -2.36. The van der Waals surface area contributed by atoms with Crippen LogP contribution in [0.25, 0.3) is 0 Å². The first kappa shape index (κ1) is 16.4. The van der Waals surface area contributed by atoms with Crippen LogP contribution < -0.4 is 4.74 Å². The summed E-state index contributed by atoms with van der Waals surface area (Å²) < 4.78 is 5.58. The van der Waals surface area contributed by atoms with Crippen LogP contribution in [0.2, 0.25) is 0 Å². The number of hydrogen-bond acceptors (Lipinski definition) is 4. The third kappa shape index (κ3) is 4.10. The van der Waals surface area contributed by atoms with E-state index in [1.165, 1.54) is 0 Å². The molecule has 2 aromatic rings. The van der Waals surface area contributed by atoms with E-state index in [-0.39, 0.29) is 5.91 Å². The summed E-state index contributed by atoms with van der Waals surface area (Å²) in [5.74, 6) is 1.08. The van der Waals surface area contributed by atoms with Gasteiger partial charge >= 0.3 is 0 Å². The number of carbonyl (C=O) groups is 1. The number of fused-ring (bicyclic) bond motifs is 1. The lowest BCUT2D eigenvalue weighted by molar-refractivity contribution is -0.132. The summed E-state index contributed by atoms with van der Waals surface area (Å²) in [6.45, 7) is 4.19.